The maximum atomic E-state index is 12.5. The topological polar surface area (TPSA) is 46.6 Å². The molecular formula is C17H14BrNO3. The van der Waals surface area contributed by atoms with E-state index in [1.807, 2.05) is 0 Å². The van der Waals surface area contributed by atoms with Crippen molar-refractivity contribution in [3.8, 4) is 18.1 Å². The predicted octanol–water partition coefficient (Wildman–Crippen LogP) is 3.20. The van der Waals surface area contributed by atoms with Crippen LogP contribution in [-0.2, 0) is 9.59 Å². The van der Waals surface area contributed by atoms with Gasteiger partial charge in [-0.3, -0.25) is 9.59 Å². The Bertz CT molecular complexity index is 702. The van der Waals surface area contributed by atoms with Gasteiger partial charge in [-0.1, -0.05) is 5.92 Å². The molecule has 0 fully saturated rings. The molecule has 112 valence electrons. The lowest BCUT2D eigenvalue weighted by Gasteiger charge is -2.17. The first kappa shape index (κ1) is 14.9. The second-order valence-corrected chi connectivity index (χ2v) is 6.07. The highest BCUT2D eigenvalue weighted by molar-refractivity contribution is 9.10. The molecule has 0 saturated heterocycles. The zero-order valence-electron chi connectivity index (χ0n) is 11.9. The summed E-state index contributed by atoms with van der Waals surface area (Å²) in [6, 6.07) is 5.13. The Kier molecular flexibility index (Phi) is 4.04. The lowest BCUT2D eigenvalue weighted by atomic mass is 9.93. The van der Waals surface area contributed by atoms with Crippen molar-refractivity contribution in [2.45, 2.75) is 25.7 Å². The van der Waals surface area contributed by atoms with E-state index in [1.54, 1.807) is 18.2 Å². The maximum absolute atomic E-state index is 12.5. The monoisotopic (exact) mass is 359 g/mol. The second-order valence-electron chi connectivity index (χ2n) is 5.22. The summed E-state index contributed by atoms with van der Waals surface area (Å²) in [7, 11) is 0. The number of benzene rings is 1. The molecule has 0 atom stereocenters. The van der Waals surface area contributed by atoms with Crippen LogP contribution in [0, 0.1) is 12.3 Å². The number of terminal acetylenes is 1. The smallest absolute Gasteiger partial charge is 0.261 e. The number of anilines is 1. The van der Waals surface area contributed by atoms with Crippen molar-refractivity contribution in [2.75, 3.05) is 11.5 Å². The summed E-state index contributed by atoms with van der Waals surface area (Å²) in [6.07, 6.45) is 8.49. The van der Waals surface area contributed by atoms with Crippen molar-refractivity contribution in [1.29, 1.82) is 0 Å². The Labute approximate surface area is 137 Å². The molecule has 1 aromatic rings. The summed E-state index contributed by atoms with van der Waals surface area (Å²) in [4.78, 5) is 26.3. The van der Waals surface area contributed by atoms with E-state index in [4.69, 9.17) is 11.2 Å². The van der Waals surface area contributed by atoms with E-state index < -0.39 is 0 Å². The van der Waals surface area contributed by atoms with Crippen LogP contribution in [0.3, 0.4) is 0 Å². The van der Waals surface area contributed by atoms with Gasteiger partial charge in [-0.05, 0) is 53.7 Å². The van der Waals surface area contributed by atoms with E-state index >= 15 is 0 Å². The van der Waals surface area contributed by atoms with Gasteiger partial charge in [-0.15, -0.1) is 6.42 Å². The molecule has 0 unspecified atom stereocenters. The lowest BCUT2D eigenvalue weighted by Crippen LogP contribution is -2.31. The van der Waals surface area contributed by atoms with Gasteiger partial charge in [0.15, 0.2) is 0 Å². The van der Waals surface area contributed by atoms with E-state index in [1.165, 1.54) is 4.90 Å². The normalized spacial score (nSPS) is 17.5. The summed E-state index contributed by atoms with van der Waals surface area (Å²) >= 11 is 3.37. The molecule has 0 saturated carbocycles. The van der Waals surface area contributed by atoms with Gasteiger partial charge < -0.3 is 4.74 Å². The highest BCUT2D eigenvalue weighted by Crippen LogP contribution is 2.38. The first-order valence-electron chi connectivity index (χ1n) is 7.10. The number of carbonyl (C=O) groups excluding carboxylic acids is 2. The molecule has 1 heterocycles. The van der Waals surface area contributed by atoms with Gasteiger partial charge >= 0.3 is 0 Å². The third-order valence-electron chi connectivity index (χ3n) is 3.87. The molecule has 0 bridgehead atoms. The summed E-state index contributed by atoms with van der Waals surface area (Å²) in [5.74, 6) is 2.50. The van der Waals surface area contributed by atoms with Crippen LogP contribution in [0.25, 0.3) is 0 Å². The summed E-state index contributed by atoms with van der Waals surface area (Å²) < 4.78 is 6.15. The van der Waals surface area contributed by atoms with E-state index in [0.717, 1.165) is 17.3 Å². The van der Waals surface area contributed by atoms with Crippen molar-refractivity contribution in [2.24, 2.45) is 0 Å². The zero-order valence-corrected chi connectivity index (χ0v) is 13.5. The largest absolute Gasteiger partial charge is 0.480 e. The van der Waals surface area contributed by atoms with Crippen LogP contribution in [0.15, 0.2) is 33.8 Å². The average Bonchev–Trinajstić information content (AvgIpc) is 2.79. The maximum Gasteiger partial charge on any atom is 0.261 e. The Balaban J connectivity index is 1.94. The number of rotatable bonds is 3. The van der Waals surface area contributed by atoms with Crippen LogP contribution in [0.2, 0.25) is 0 Å². The molecule has 4 nitrogen and oxygen atoms in total. The van der Waals surface area contributed by atoms with Crippen LogP contribution < -0.4 is 9.64 Å². The second kappa shape index (κ2) is 5.98. The van der Waals surface area contributed by atoms with Crippen LogP contribution in [0.5, 0.6) is 5.75 Å². The van der Waals surface area contributed by atoms with Crippen LogP contribution >= 0.6 is 15.9 Å². The molecule has 0 radical (unpaired) electrons. The number of hydrogen-bond acceptors (Lipinski definition) is 3. The number of ether oxygens (including phenoxy) is 1. The Morgan fingerprint density at radius 3 is 2.41 bits per heavy atom. The molecule has 1 aromatic carbocycles. The van der Waals surface area contributed by atoms with Crippen molar-refractivity contribution in [1.82, 2.24) is 0 Å². The molecular weight excluding hydrogens is 346 g/mol. The molecule has 22 heavy (non-hydrogen) atoms. The molecule has 0 aromatic heterocycles. The number of halogens is 1. The fraction of sp³-hybridized carbons (Fsp3) is 0.294. The zero-order chi connectivity index (χ0) is 15.7. The van der Waals surface area contributed by atoms with E-state index in [2.05, 4.69) is 21.9 Å². The van der Waals surface area contributed by atoms with E-state index in [0.29, 0.717) is 35.4 Å². The Morgan fingerprint density at radius 1 is 1.18 bits per heavy atom. The van der Waals surface area contributed by atoms with Crippen LogP contribution in [-0.4, -0.2) is 18.4 Å². The molecule has 0 spiro atoms. The SMILES string of the molecule is C#CCOc1cc(N2C(=O)C3=C(CCCC3)C2=O)ccc1Br. The van der Waals surface area contributed by atoms with Crippen LogP contribution in [0.1, 0.15) is 25.7 Å². The summed E-state index contributed by atoms with van der Waals surface area (Å²) in [5, 5.41) is 0. The number of imide groups is 1. The minimum absolute atomic E-state index is 0.124. The number of amides is 2. The highest BCUT2D eigenvalue weighted by atomic mass is 79.9. The molecule has 2 amide bonds. The number of carbonyl (C=O) groups is 2. The molecule has 1 aliphatic carbocycles. The quantitative estimate of drug-likeness (QED) is 0.614. The van der Waals surface area contributed by atoms with Crippen molar-refractivity contribution in [3.63, 3.8) is 0 Å². The lowest BCUT2D eigenvalue weighted by molar-refractivity contribution is -0.120. The van der Waals surface area contributed by atoms with Gasteiger partial charge in [0.05, 0.1) is 10.2 Å². The van der Waals surface area contributed by atoms with Gasteiger partial charge in [-0.2, -0.15) is 0 Å². The fourth-order valence-electron chi connectivity index (χ4n) is 2.84. The summed E-state index contributed by atoms with van der Waals surface area (Å²) in [5.41, 5.74) is 1.86. The Hall–Kier alpha value is -2.06. The molecule has 2 aliphatic rings. The molecule has 5 heteroatoms. The van der Waals surface area contributed by atoms with Gasteiger partial charge in [0, 0.05) is 17.2 Å². The standard InChI is InChI=1S/C17H14BrNO3/c1-2-9-22-15-10-11(7-8-14(15)18)19-16(20)12-5-3-4-6-13(12)17(19)21/h1,7-8,10H,3-6,9H2. The van der Waals surface area contributed by atoms with E-state index in [9.17, 15) is 9.59 Å². The van der Waals surface area contributed by atoms with Crippen molar-refractivity contribution in [3.05, 3.63) is 33.8 Å². The van der Waals surface area contributed by atoms with Gasteiger partial charge in [0.2, 0.25) is 0 Å². The third kappa shape index (κ3) is 2.44. The van der Waals surface area contributed by atoms with Crippen molar-refractivity contribution >= 4 is 33.4 Å². The van der Waals surface area contributed by atoms with Gasteiger partial charge in [-0.25, -0.2) is 4.90 Å². The molecule has 1 aliphatic heterocycles. The average molecular weight is 360 g/mol. The van der Waals surface area contributed by atoms with E-state index in [-0.39, 0.29) is 18.4 Å². The minimum atomic E-state index is -0.204. The van der Waals surface area contributed by atoms with Crippen molar-refractivity contribution < 1.29 is 14.3 Å². The minimum Gasteiger partial charge on any atom is -0.480 e. The first-order valence-corrected chi connectivity index (χ1v) is 7.89. The van der Waals surface area contributed by atoms with Crippen LogP contribution in [0.4, 0.5) is 5.69 Å². The first-order chi connectivity index (χ1) is 10.6. The number of nitrogens with zero attached hydrogens (tertiary/aromatic N) is 1. The number of hydrogen-bond donors (Lipinski definition) is 0. The fourth-order valence-corrected chi connectivity index (χ4v) is 3.20. The third-order valence-corrected chi connectivity index (χ3v) is 4.53. The summed E-state index contributed by atoms with van der Waals surface area (Å²) in [6.45, 7) is 0.124. The molecule has 0 N–H and O–H groups in total. The predicted molar refractivity (Wildman–Crippen MR) is 86.5 cm³/mol. The molecule has 3 rings (SSSR count). The van der Waals surface area contributed by atoms with Gasteiger partial charge in [0.1, 0.15) is 12.4 Å². The Morgan fingerprint density at radius 2 is 1.82 bits per heavy atom. The van der Waals surface area contributed by atoms with Gasteiger partial charge in [0.25, 0.3) is 11.8 Å². The highest BCUT2D eigenvalue weighted by Gasteiger charge is 2.39.